The van der Waals surface area contributed by atoms with Gasteiger partial charge in [-0.05, 0) is 18.4 Å². The van der Waals surface area contributed by atoms with Crippen molar-refractivity contribution >= 4 is 5.91 Å². The second-order valence-electron chi connectivity index (χ2n) is 8.61. The Morgan fingerprint density at radius 1 is 1.03 bits per heavy atom. The van der Waals surface area contributed by atoms with Crippen LogP contribution in [0.15, 0.2) is 65.2 Å². The van der Waals surface area contributed by atoms with Crippen molar-refractivity contribution in [2.75, 3.05) is 6.54 Å². The van der Waals surface area contributed by atoms with Crippen LogP contribution < -0.4 is 0 Å². The third-order valence-corrected chi connectivity index (χ3v) is 6.68. The first-order chi connectivity index (χ1) is 15.7. The first-order valence-electron chi connectivity index (χ1n) is 10.9. The van der Waals surface area contributed by atoms with Gasteiger partial charge in [-0.1, -0.05) is 65.8 Å². The third-order valence-electron chi connectivity index (χ3n) is 6.68. The molecule has 32 heavy (non-hydrogen) atoms. The lowest BCUT2D eigenvalue weighted by atomic mass is 9.93. The third kappa shape index (κ3) is 2.96. The lowest BCUT2D eigenvalue weighted by molar-refractivity contribution is -0.134. The highest BCUT2D eigenvalue weighted by Crippen LogP contribution is 2.50. The number of benzene rings is 2. The van der Waals surface area contributed by atoms with E-state index in [1.807, 2.05) is 65.2 Å². The zero-order chi connectivity index (χ0) is 21.7. The number of aromatic nitrogens is 4. The van der Waals surface area contributed by atoms with E-state index in [9.17, 15) is 4.79 Å². The zero-order valence-corrected chi connectivity index (χ0v) is 17.9. The molecule has 6 rings (SSSR count). The number of aryl methyl sites for hydroxylation is 1. The highest BCUT2D eigenvalue weighted by Gasteiger charge is 2.53. The summed E-state index contributed by atoms with van der Waals surface area (Å²) >= 11 is 0. The molecule has 2 aromatic carbocycles. The van der Waals surface area contributed by atoms with Crippen LogP contribution in [-0.2, 0) is 30.2 Å². The quantitative estimate of drug-likeness (QED) is 0.498. The van der Waals surface area contributed by atoms with Crippen molar-refractivity contribution in [3.8, 4) is 23.0 Å². The minimum absolute atomic E-state index is 0.208. The van der Waals surface area contributed by atoms with Crippen LogP contribution in [-0.4, -0.2) is 37.3 Å². The maximum atomic E-state index is 13.6. The summed E-state index contributed by atoms with van der Waals surface area (Å²) in [5, 5.41) is 8.83. The second-order valence-corrected chi connectivity index (χ2v) is 8.61. The Hall–Kier alpha value is -3.74. The molecule has 2 aliphatic rings. The Morgan fingerprint density at radius 2 is 1.75 bits per heavy atom. The highest BCUT2D eigenvalue weighted by atomic mass is 16.5. The van der Waals surface area contributed by atoms with E-state index < -0.39 is 0 Å². The van der Waals surface area contributed by atoms with Crippen LogP contribution in [0.3, 0.4) is 0 Å². The van der Waals surface area contributed by atoms with E-state index in [1.54, 1.807) is 0 Å². The van der Waals surface area contributed by atoms with Crippen molar-refractivity contribution in [2.24, 2.45) is 7.05 Å². The summed E-state index contributed by atoms with van der Waals surface area (Å²) in [7, 11) is 1.93. The summed E-state index contributed by atoms with van der Waals surface area (Å²) in [6.45, 7) is 1.20. The average Bonchev–Trinajstić information content (AvgIpc) is 3.40. The fraction of sp³-hybridized carbons (Fsp3) is 0.280. The molecule has 3 heterocycles. The lowest BCUT2D eigenvalue weighted by Crippen LogP contribution is -2.42. The molecule has 7 nitrogen and oxygen atoms in total. The maximum Gasteiger partial charge on any atom is 0.279 e. The Bertz CT molecular complexity index is 1290. The van der Waals surface area contributed by atoms with Crippen molar-refractivity contribution in [1.82, 2.24) is 24.8 Å². The molecule has 1 aliphatic carbocycles. The van der Waals surface area contributed by atoms with Gasteiger partial charge in [-0.3, -0.25) is 9.48 Å². The summed E-state index contributed by atoms with van der Waals surface area (Å²) < 4.78 is 7.47. The average molecular weight is 425 g/mol. The molecule has 0 spiro atoms. The first-order valence-corrected chi connectivity index (χ1v) is 10.9. The number of carbonyl (C=O) groups excluding carboxylic acids is 1. The van der Waals surface area contributed by atoms with Crippen molar-refractivity contribution < 1.29 is 9.32 Å². The van der Waals surface area contributed by atoms with Crippen LogP contribution >= 0.6 is 0 Å². The van der Waals surface area contributed by atoms with E-state index in [-0.39, 0.29) is 11.3 Å². The standard InChI is InChI=1S/C25H23N5O2/c1-29-20-12-15-30(24(31)25(13-14-25)18-10-6-3-7-11-18)16-19(20)21(27-29)23-26-22(28-32-23)17-8-4-2-5-9-17/h2-11H,12-16H2,1H3. The van der Waals surface area contributed by atoms with Gasteiger partial charge in [0.05, 0.1) is 5.41 Å². The lowest BCUT2D eigenvalue weighted by Gasteiger charge is -2.31. The Morgan fingerprint density at radius 3 is 2.47 bits per heavy atom. The maximum absolute atomic E-state index is 13.6. The molecule has 0 saturated heterocycles. The van der Waals surface area contributed by atoms with Crippen molar-refractivity contribution in [2.45, 2.75) is 31.2 Å². The molecule has 0 unspecified atom stereocenters. The number of rotatable bonds is 4. The Kier molecular flexibility index (Phi) is 4.24. The number of nitrogens with zero attached hydrogens (tertiary/aromatic N) is 5. The molecule has 7 heteroatoms. The molecule has 4 aromatic rings. The van der Waals surface area contributed by atoms with Gasteiger partial charge in [0.2, 0.25) is 11.7 Å². The summed E-state index contributed by atoms with van der Waals surface area (Å²) in [4.78, 5) is 20.2. The van der Waals surface area contributed by atoms with Gasteiger partial charge in [0, 0.05) is 43.4 Å². The van der Waals surface area contributed by atoms with E-state index >= 15 is 0 Å². The second kappa shape index (κ2) is 7.15. The molecule has 160 valence electrons. The van der Waals surface area contributed by atoms with Crippen LogP contribution in [0.5, 0.6) is 0 Å². The molecular formula is C25H23N5O2. The van der Waals surface area contributed by atoms with Crippen LogP contribution in [0.4, 0.5) is 0 Å². The molecule has 0 bridgehead atoms. The predicted molar refractivity (Wildman–Crippen MR) is 118 cm³/mol. The van der Waals surface area contributed by atoms with Gasteiger partial charge in [-0.2, -0.15) is 10.1 Å². The van der Waals surface area contributed by atoms with Gasteiger partial charge in [-0.15, -0.1) is 0 Å². The zero-order valence-electron chi connectivity index (χ0n) is 17.9. The molecular weight excluding hydrogens is 402 g/mol. The molecule has 0 radical (unpaired) electrons. The van der Waals surface area contributed by atoms with Gasteiger partial charge >= 0.3 is 0 Å². The minimum Gasteiger partial charge on any atom is -0.337 e. The van der Waals surface area contributed by atoms with Gasteiger partial charge in [-0.25, -0.2) is 0 Å². The number of carbonyl (C=O) groups is 1. The largest absolute Gasteiger partial charge is 0.337 e. The van der Waals surface area contributed by atoms with Gasteiger partial charge in [0.25, 0.3) is 5.89 Å². The predicted octanol–water partition coefficient (Wildman–Crippen LogP) is 3.75. The SMILES string of the molecule is Cn1nc(-c2nc(-c3ccccc3)no2)c2c1CCN(C(=O)C1(c3ccccc3)CC1)C2. The van der Waals surface area contributed by atoms with Crippen LogP contribution in [0, 0.1) is 0 Å². The van der Waals surface area contributed by atoms with Gasteiger partial charge < -0.3 is 9.42 Å². The number of fused-ring (bicyclic) bond motifs is 1. The van der Waals surface area contributed by atoms with Gasteiger partial charge in [0.15, 0.2) is 5.69 Å². The number of hydrogen-bond acceptors (Lipinski definition) is 5. The summed E-state index contributed by atoms with van der Waals surface area (Å²) in [6.07, 6.45) is 2.57. The monoisotopic (exact) mass is 425 g/mol. The van der Waals surface area contributed by atoms with Crippen LogP contribution in [0.1, 0.15) is 29.7 Å². The molecule has 2 aromatic heterocycles. The van der Waals surface area contributed by atoms with E-state index in [0.717, 1.165) is 41.6 Å². The normalized spacial score (nSPS) is 16.6. The Labute approximate surface area is 185 Å². The smallest absolute Gasteiger partial charge is 0.279 e. The topological polar surface area (TPSA) is 77.1 Å². The molecule has 1 fully saturated rings. The van der Waals surface area contributed by atoms with E-state index in [0.29, 0.717) is 30.5 Å². The van der Waals surface area contributed by atoms with Crippen molar-refractivity contribution in [3.63, 3.8) is 0 Å². The van der Waals surface area contributed by atoms with Crippen molar-refractivity contribution in [3.05, 3.63) is 77.5 Å². The van der Waals surface area contributed by atoms with Crippen LogP contribution in [0.2, 0.25) is 0 Å². The molecule has 1 saturated carbocycles. The summed E-state index contributed by atoms with van der Waals surface area (Å²) in [5.41, 5.74) is 4.42. The molecule has 0 N–H and O–H groups in total. The van der Waals surface area contributed by atoms with Crippen LogP contribution in [0.25, 0.3) is 23.0 Å². The summed E-state index contributed by atoms with van der Waals surface area (Å²) in [5.74, 6) is 1.13. The van der Waals surface area contributed by atoms with E-state index in [2.05, 4.69) is 27.4 Å². The molecule has 1 amide bonds. The number of hydrogen-bond donors (Lipinski definition) is 0. The van der Waals surface area contributed by atoms with E-state index in [1.165, 1.54) is 0 Å². The van der Waals surface area contributed by atoms with E-state index in [4.69, 9.17) is 4.52 Å². The fourth-order valence-electron chi connectivity index (χ4n) is 4.77. The molecule has 1 aliphatic heterocycles. The summed E-state index contributed by atoms with van der Waals surface area (Å²) in [6, 6.07) is 19.9. The van der Waals surface area contributed by atoms with Gasteiger partial charge in [0.1, 0.15) is 0 Å². The highest BCUT2D eigenvalue weighted by molar-refractivity contribution is 5.91. The molecule has 0 atom stereocenters. The fourth-order valence-corrected chi connectivity index (χ4v) is 4.77. The number of amides is 1. The van der Waals surface area contributed by atoms with Crippen molar-refractivity contribution in [1.29, 1.82) is 0 Å². The Balaban J connectivity index is 1.31. The minimum atomic E-state index is -0.369. The first kappa shape index (κ1) is 19.0.